The molecule has 122 valence electrons. The first-order valence-electron chi connectivity index (χ1n) is 7.08. The highest BCUT2D eigenvalue weighted by atomic mass is 35.5. The first kappa shape index (κ1) is 16.0. The van der Waals surface area contributed by atoms with Crippen LogP contribution in [0.15, 0.2) is 22.7 Å². The van der Waals surface area contributed by atoms with Crippen LogP contribution in [0.5, 0.6) is 0 Å². The van der Waals surface area contributed by atoms with Crippen molar-refractivity contribution in [2.45, 2.75) is 31.9 Å². The Hall–Kier alpha value is -1.89. The lowest BCUT2D eigenvalue weighted by Gasteiger charge is -2.04. The van der Waals surface area contributed by atoms with Crippen molar-refractivity contribution in [1.82, 2.24) is 10.1 Å². The van der Waals surface area contributed by atoms with Crippen LogP contribution < -0.4 is 0 Å². The Labute approximate surface area is 134 Å². The predicted octanol–water partition coefficient (Wildman–Crippen LogP) is 4.78. The maximum Gasteiger partial charge on any atom is 0.471 e. The van der Waals surface area contributed by atoms with Gasteiger partial charge in [-0.15, -0.1) is 0 Å². The van der Waals surface area contributed by atoms with Crippen LogP contribution in [0, 0.1) is 5.92 Å². The topological polar surface area (TPSA) is 56.0 Å². The van der Waals surface area contributed by atoms with Gasteiger partial charge in [-0.1, -0.05) is 35.7 Å². The van der Waals surface area contributed by atoms with Crippen molar-refractivity contribution in [3.05, 3.63) is 34.7 Å². The quantitative estimate of drug-likeness (QED) is 0.732. The van der Waals surface area contributed by atoms with Crippen LogP contribution >= 0.6 is 11.6 Å². The Balaban J connectivity index is 1.78. The highest BCUT2D eigenvalue weighted by Gasteiger charge is 2.38. The third-order valence-corrected chi connectivity index (χ3v) is 3.99. The molecule has 0 unspecified atom stereocenters. The smallest absolute Gasteiger partial charge is 0.329 e. The molecule has 1 aliphatic carbocycles. The maximum absolute atomic E-state index is 12.5. The summed E-state index contributed by atoms with van der Waals surface area (Å²) < 4.78 is 41.5. The second-order valence-corrected chi connectivity index (χ2v) is 5.93. The van der Waals surface area contributed by atoms with Gasteiger partial charge in [0.25, 0.3) is 0 Å². The van der Waals surface area contributed by atoms with Crippen molar-refractivity contribution < 1.29 is 22.5 Å². The number of ketones is 1. The molecule has 0 aliphatic heterocycles. The number of rotatable bonds is 5. The number of carbonyl (C=O) groups is 1. The number of nitrogens with zero attached hydrogens (tertiary/aromatic N) is 2. The minimum absolute atomic E-state index is 0.0717. The average molecular weight is 345 g/mol. The van der Waals surface area contributed by atoms with Gasteiger partial charge in [-0.25, -0.2) is 0 Å². The SMILES string of the molecule is O=C(CCC1CC1)c1ccc(-c2noc(C(F)(F)F)n2)cc1Cl. The molecule has 4 nitrogen and oxygen atoms in total. The van der Waals surface area contributed by atoms with Crippen LogP contribution in [-0.4, -0.2) is 15.9 Å². The number of halogens is 4. The molecule has 0 saturated heterocycles. The summed E-state index contributed by atoms with van der Waals surface area (Å²) in [7, 11) is 0. The Morgan fingerprint density at radius 1 is 1.35 bits per heavy atom. The van der Waals surface area contributed by atoms with Gasteiger partial charge in [-0.3, -0.25) is 4.79 Å². The highest BCUT2D eigenvalue weighted by molar-refractivity contribution is 6.34. The maximum atomic E-state index is 12.5. The van der Waals surface area contributed by atoms with E-state index in [4.69, 9.17) is 11.6 Å². The Morgan fingerprint density at radius 2 is 2.09 bits per heavy atom. The average Bonchev–Trinajstić information content (AvgIpc) is 3.16. The zero-order valence-electron chi connectivity index (χ0n) is 11.9. The Bertz CT molecular complexity index is 739. The van der Waals surface area contributed by atoms with E-state index >= 15 is 0 Å². The van der Waals surface area contributed by atoms with Crippen molar-refractivity contribution in [2.24, 2.45) is 5.92 Å². The molecule has 1 aromatic carbocycles. The van der Waals surface area contributed by atoms with Crippen molar-refractivity contribution >= 4 is 17.4 Å². The van der Waals surface area contributed by atoms with Gasteiger partial charge in [0.05, 0.1) is 5.02 Å². The Kier molecular flexibility index (Phi) is 4.14. The molecule has 1 aromatic heterocycles. The summed E-state index contributed by atoms with van der Waals surface area (Å²) in [5.41, 5.74) is 0.614. The van der Waals surface area contributed by atoms with E-state index in [9.17, 15) is 18.0 Å². The summed E-state index contributed by atoms with van der Waals surface area (Å²) in [6.07, 6.45) is -1.10. The van der Waals surface area contributed by atoms with Gasteiger partial charge in [0, 0.05) is 17.5 Å². The molecule has 1 fully saturated rings. The molecule has 0 N–H and O–H groups in total. The summed E-state index contributed by atoms with van der Waals surface area (Å²) in [5.74, 6) is -1.08. The lowest BCUT2D eigenvalue weighted by molar-refractivity contribution is -0.159. The van der Waals surface area contributed by atoms with Crippen LogP contribution in [0.3, 0.4) is 0 Å². The molecule has 0 spiro atoms. The van der Waals surface area contributed by atoms with E-state index in [1.165, 1.54) is 31.0 Å². The first-order valence-corrected chi connectivity index (χ1v) is 7.46. The molecule has 8 heteroatoms. The highest BCUT2D eigenvalue weighted by Crippen LogP contribution is 2.35. The van der Waals surface area contributed by atoms with Crippen molar-refractivity contribution in [1.29, 1.82) is 0 Å². The van der Waals surface area contributed by atoms with E-state index < -0.39 is 12.1 Å². The second kappa shape index (κ2) is 5.96. The van der Waals surface area contributed by atoms with Gasteiger partial charge in [0.1, 0.15) is 0 Å². The van der Waals surface area contributed by atoms with E-state index in [1.54, 1.807) is 0 Å². The molecule has 1 aliphatic rings. The minimum atomic E-state index is -4.70. The lowest BCUT2D eigenvalue weighted by Crippen LogP contribution is -2.05. The summed E-state index contributed by atoms with van der Waals surface area (Å²) in [4.78, 5) is 15.4. The first-order chi connectivity index (χ1) is 10.8. The summed E-state index contributed by atoms with van der Waals surface area (Å²) >= 11 is 6.07. The van der Waals surface area contributed by atoms with Gasteiger partial charge in [0.2, 0.25) is 5.82 Å². The molecule has 0 amide bonds. The number of Topliss-reactive ketones (excluding diaryl/α,β-unsaturated/α-hetero) is 1. The van der Waals surface area contributed by atoms with E-state index in [0.29, 0.717) is 17.9 Å². The molecule has 1 heterocycles. The molecule has 0 atom stereocenters. The number of carbonyl (C=O) groups excluding carboxylic acids is 1. The standard InChI is InChI=1S/C15H12ClF3N2O2/c16-11-7-9(13-20-14(23-21-13)15(17,18)19)4-5-10(11)12(22)6-3-8-1-2-8/h4-5,7-8H,1-3,6H2. The molecular weight excluding hydrogens is 333 g/mol. The molecule has 23 heavy (non-hydrogen) atoms. The predicted molar refractivity (Wildman–Crippen MR) is 76.0 cm³/mol. The van der Waals surface area contributed by atoms with E-state index in [0.717, 1.165) is 6.42 Å². The summed E-state index contributed by atoms with van der Waals surface area (Å²) in [5, 5.41) is 3.45. The second-order valence-electron chi connectivity index (χ2n) is 5.52. The van der Waals surface area contributed by atoms with Crippen LogP contribution in [0.1, 0.15) is 41.9 Å². The normalized spacial score (nSPS) is 15.0. The van der Waals surface area contributed by atoms with Gasteiger partial charge in [0.15, 0.2) is 5.78 Å². The fourth-order valence-electron chi connectivity index (χ4n) is 2.21. The number of hydrogen-bond donors (Lipinski definition) is 0. The van der Waals surface area contributed by atoms with Crippen LogP contribution in [0.4, 0.5) is 13.2 Å². The zero-order valence-corrected chi connectivity index (χ0v) is 12.6. The zero-order chi connectivity index (χ0) is 16.6. The molecule has 0 radical (unpaired) electrons. The molecular formula is C15H12ClF3N2O2. The number of aromatic nitrogens is 2. The van der Waals surface area contributed by atoms with Crippen LogP contribution in [-0.2, 0) is 6.18 Å². The molecule has 3 rings (SSSR count). The molecule has 2 aromatic rings. The molecule has 0 bridgehead atoms. The van der Waals surface area contributed by atoms with Gasteiger partial charge < -0.3 is 4.52 Å². The minimum Gasteiger partial charge on any atom is -0.329 e. The third-order valence-electron chi connectivity index (χ3n) is 3.67. The van der Waals surface area contributed by atoms with Crippen molar-refractivity contribution in [2.75, 3.05) is 0 Å². The third kappa shape index (κ3) is 3.72. The number of alkyl halides is 3. The number of hydrogen-bond acceptors (Lipinski definition) is 4. The van der Waals surface area contributed by atoms with Gasteiger partial charge in [-0.05, 0) is 24.5 Å². The van der Waals surface area contributed by atoms with Crippen molar-refractivity contribution in [3.8, 4) is 11.4 Å². The summed E-state index contributed by atoms with van der Waals surface area (Å²) in [6, 6.07) is 4.31. The van der Waals surface area contributed by atoms with Crippen molar-refractivity contribution in [3.63, 3.8) is 0 Å². The lowest BCUT2D eigenvalue weighted by atomic mass is 10.0. The largest absolute Gasteiger partial charge is 0.471 e. The van der Waals surface area contributed by atoms with E-state index in [2.05, 4.69) is 14.7 Å². The fraction of sp³-hybridized carbons (Fsp3) is 0.400. The van der Waals surface area contributed by atoms with Gasteiger partial charge >= 0.3 is 12.1 Å². The monoisotopic (exact) mass is 344 g/mol. The molecule has 1 saturated carbocycles. The Morgan fingerprint density at radius 3 is 2.65 bits per heavy atom. The number of benzene rings is 1. The summed E-state index contributed by atoms with van der Waals surface area (Å²) in [6.45, 7) is 0. The van der Waals surface area contributed by atoms with E-state index in [-0.39, 0.29) is 22.2 Å². The van der Waals surface area contributed by atoms with Gasteiger partial charge in [-0.2, -0.15) is 18.2 Å². The van der Waals surface area contributed by atoms with E-state index in [1.807, 2.05) is 0 Å². The fourth-order valence-corrected chi connectivity index (χ4v) is 2.50. The van der Waals surface area contributed by atoms with Crippen LogP contribution in [0.25, 0.3) is 11.4 Å². The van der Waals surface area contributed by atoms with Crippen LogP contribution in [0.2, 0.25) is 5.02 Å².